The highest BCUT2D eigenvalue weighted by molar-refractivity contribution is 5.69. The summed E-state index contributed by atoms with van der Waals surface area (Å²) < 4.78 is 17.7. The van der Waals surface area contributed by atoms with E-state index in [-0.39, 0.29) is 58.7 Å². The van der Waals surface area contributed by atoms with E-state index < -0.39 is 16.9 Å². The van der Waals surface area contributed by atoms with Gasteiger partial charge in [-0.25, -0.2) is 0 Å². The quantitative estimate of drug-likeness (QED) is 0.126. The Labute approximate surface area is 258 Å². The minimum Gasteiger partial charge on any atom is -0.462 e. The topological polar surface area (TPSA) is 96.0 Å². The zero-order chi connectivity index (χ0) is 32.1. The third-order valence-corrected chi connectivity index (χ3v) is 12.4. The van der Waals surface area contributed by atoms with Crippen LogP contribution in [0.25, 0.3) is 0 Å². The van der Waals surface area contributed by atoms with Gasteiger partial charge >= 0.3 is 17.9 Å². The van der Waals surface area contributed by atoms with Crippen LogP contribution in [0.4, 0.5) is 0 Å². The third kappa shape index (κ3) is 5.63. The SMILES string of the molecule is CC(=O)O[C@H]1C=C2[C@@H](CC[C@H](OC(C)=O)C2(C)C)[C@]2(C=O)CC[C@]3(C)C([C@H](C)C[C@H](C=C(C)C)OC(C)=O)CC[C@@]3(C)[C@H]12. The maximum absolute atomic E-state index is 13.6. The zero-order valence-electron chi connectivity index (χ0n) is 28.1. The second-order valence-corrected chi connectivity index (χ2v) is 15.4. The van der Waals surface area contributed by atoms with Crippen molar-refractivity contribution in [2.24, 2.45) is 45.3 Å². The largest absolute Gasteiger partial charge is 0.462 e. The van der Waals surface area contributed by atoms with Gasteiger partial charge in [-0.15, -0.1) is 0 Å². The monoisotopic (exact) mass is 598 g/mol. The molecule has 4 aliphatic carbocycles. The van der Waals surface area contributed by atoms with Crippen molar-refractivity contribution in [1.82, 2.24) is 0 Å². The average molecular weight is 599 g/mol. The first-order valence-electron chi connectivity index (χ1n) is 16.3. The Bertz CT molecular complexity index is 1190. The Balaban J connectivity index is 1.77. The van der Waals surface area contributed by atoms with Gasteiger partial charge in [0.25, 0.3) is 0 Å². The van der Waals surface area contributed by atoms with Gasteiger partial charge in [-0.1, -0.05) is 45.8 Å². The second-order valence-electron chi connectivity index (χ2n) is 15.4. The van der Waals surface area contributed by atoms with Crippen molar-refractivity contribution in [2.45, 2.75) is 132 Å². The number of esters is 3. The summed E-state index contributed by atoms with van der Waals surface area (Å²) in [5.41, 5.74) is 0.702. The van der Waals surface area contributed by atoms with E-state index in [1.807, 2.05) is 19.9 Å². The van der Waals surface area contributed by atoms with E-state index in [1.54, 1.807) is 0 Å². The number of rotatable bonds is 8. The molecule has 3 fully saturated rings. The lowest BCUT2D eigenvalue weighted by Gasteiger charge is -2.66. The molecule has 3 saturated carbocycles. The number of aldehydes is 1. The lowest BCUT2D eigenvalue weighted by molar-refractivity contribution is -0.195. The van der Waals surface area contributed by atoms with E-state index in [0.29, 0.717) is 12.3 Å². The van der Waals surface area contributed by atoms with Gasteiger partial charge in [0.1, 0.15) is 24.6 Å². The normalized spacial score (nSPS) is 39.0. The molecule has 7 heteroatoms. The number of hydrogen-bond acceptors (Lipinski definition) is 7. The third-order valence-electron chi connectivity index (χ3n) is 12.4. The number of fused-ring (bicyclic) bond motifs is 5. The predicted octanol–water partition coefficient (Wildman–Crippen LogP) is 7.17. The van der Waals surface area contributed by atoms with E-state index in [1.165, 1.54) is 27.1 Å². The zero-order valence-corrected chi connectivity index (χ0v) is 28.1. The van der Waals surface area contributed by atoms with Crippen LogP contribution in [0, 0.1) is 45.3 Å². The first-order valence-corrected chi connectivity index (χ1v) is 16.3. The Hall–Kier alpha value is -2.44. The molecule has 0 amide bonds. The van der Waals surface area contributed by atoms with E-state index in [9.17, 15) is 19.2 Å². The molecule has 4 rings (SSSR count). The van der Waals surface area contributed by atoms with E-state index in [2.05, 4.69) is 40.7 Å². The summed E-state index contributed by atoms with van der Waals surface area (Å²) in [5.74, 6) is -0.427. The van der Waals surface area contributed by atoms with Crippen LogP contribution in [-0.4, -0.2) is 42.5 Å². The van der Waals surface area contributed by atoms with Crippen molar-refractivity contribution in [3.8, 4) is 0 Å². The van der Waals surface area contributed by atoms with Crippen LogP contribution in [-0.2, 0) is 33.4 Å². The van der Waals surface area contributed by atoms with Crippen LogP contribution in [0.1, 0.15) is 114 Å². The van der Waals surface area contributed by atoms with Crippen molar-refractivity contribution >= 4 is 24.2 Å². The van der Waals surface area contributed by atoms with Crippen LogP contribution < -0.4 is 0 Å². The molecule has 0 spiro atoms. The molecule has 0 aromatic rings. The molecular formula is C36H54O7. The van der Waals surface area contributed by atoms with Crippen LogP contribution >= 0.6 is 0 Å². The van der Waals surface area contributed by atoms with E-state index in [4.69, 9.17) is 14.2 Å². The molecule has 0 N–H and O–H groups in total. The van der Waals surface area contributed by atoms with Crippen molar-refractivity contribution < 1.29 is 33.4 Å². The summed E-state index contributed by atoms with van der Waals surface area (Å²) >= 11 is 0. The highest BCUT2D eigenvalue weighted by atomic mass is 16.6. The molecule has 0 aliphatic heterocycles. The first kappa shape index (κ1) is 33.5. The summed E-state index contributed by atoms with van der Waals surface area (Å²) in [6.45, 7) is 19.6. The molecular weight excluding hydrogens is 544 g/mol. The minimum atomic E-state index is -0.669. The molecule has 0 aromatic carbocycles. The summed E-state index contributed by atoms with van der Waals surface area (Å²) in [4.78, 5) is 50.1. The number of carbonyl (C=O) groups excluding carboxylic acids is 4. The van der Waals surface area contributed by atoms with Crippen molar-refractivity contribution in [3.63, 3.8) is 0 Å². The fraction of sp³-hybridized carbons (Fsp3) is 0.778. The van der Waals surface area contributed by atoms with Gasteiger partial charge in [0.2, 0.25) is 0 Å². The van der Waals surface area contributed by atoms with Crippen molar-refractivity contribution in [3.05, 3.63) is 23.3 Å². The van der Waals surface area contributed by atoms with Crippen LogP contribution in [0.5, 0.6) is 0 Å². The molecule has 0 aromatic heterocycles. The Morgan fingerprint density at radius 2 is 1.53 bits per heavy atom. The average Bonchev–Trinajstić information content (AvgIpc) is 3.15. The highest BCUT2D eigenvalue weighted by Gasteiger charge is 2.71. The number of carbonyl (C=O) groups is 4. The first-order chi connectivity index (χ1) is 19.9. The standard InChI is InChI=1S/C36H54O7/c1-21(2)17-26(41-23(4)38)18-22(3)27-13-14-35(10)32-30(42-24(5)39)19-29-28(36(32,20-37)16-15-34(27,35)9)11-12-31(33(29,7)8)43-25(6)40/h17,19-20,22,26-28,30-32H,11-16,18H2,1-10H3/t22-,26+,27?,28-,30+,31+,32+,34-,35+,36-/m1/s1. The van der Waals surface area contributed by atoms with Crippen LogP contribution in [0.2, 0.25) is 0 Å². The fourth-order valence-corrected chi connectivity index (χ4v) is 10.5. The molecule has 0 heterocycles. The molecule has 7 nitrogen and oxygen atoms in total. The maximum Gasteiger partial charge on any atom is 0.303 e. The number of allylic oxidation sites excluding steroid dienone is 1. The van der Waals surface area contributed by atoms with Gasteiger partial charge < -0.3 is 19.0 Å². The molecule has 43 heavy (non-hydrogen) atoms. The van der Waals surface area contributed by atoms with Crippen molar-refractivity contribution in [2.75, 3.05) is 0 Å². The van der Waals surface area contributed by atoms with Gasteiger partial charge in [0.05, 0.1) is 0 Å². The molecule has 10 atom stereocenters. The molecule has 4 aliphatic rings. The smallest absolute Gasteiger partial charge is 0.303 e. The van der Waals surface area contributed by atoms with Gasteiger partial charge in [-0.2, -0.15) is 0 Å². The van der Waals surface area contributed by atoms with Crippen LogP contribution in [0.3, 0.4) is 0 Å². The van der Waals surface area contributed by atoms with Gasteiger partial charge in [-0.05, 0) is 99.5 Å². The lowest BCUT2D eigenvalue weighted by Crippen LogP contribution is -2.65. The maximum atomic E-state index is 13.6. The Morgan fingerprint density at radius 3 is 2.09 bits per heavy atom. The van der Waals surface area contributed by atoms with Gasteiger partial charge in [-0.3, -0.25) is 14.4 Å². The summed E-state index contributed by atoms with van der Waals surface area (Å²) in [6, 6.07) is 0. The summed E-state index contributed by atoms with van der Waals surface area (Å²) in [7, 11) is 0. The molecule has 0 saturated heterocycles. The number of ether oxygens (including phenoxy) is 3. The van der Waals surface area contributed by atoms with Crippen LogP contribution in [0.15, 0.2) is 23.3 Å². The highest BCUT2D eigenvalue weighted by Crippen LogP contribution is 2.75. The summed E-state index contributed by atoms with van der Waals surface area (Å²) in [5, 5.41) is 0. The Morgan fingerprint density at radius 1 is 0.884 bits per heavy atom. The minimum absolute atomic E-state index is 0.00692. The molecule has 1 unspecified atom stereocenters. The van der Waals surface area contributed by atoms with E-state index >= 15 is 0 Å². The second kappa shape index (κ2) is 11.8. The van der Waals surface area contributed by atoms with E-state index in [0.717, 1.165) is 49.7 Å². The lowest BCUT2D eigenvalue weighted by atomic mass is 9.38. The van der Waals surface area contributed by atoms with Gasteiger partial charge in [0, 0.05) is 37.5 Å². The Kier molecular flexibility index (Phi) is 9.19. The predicted molar refractivity (Wildman–Crippen MR) is 165 cm³/mol. The van der Waals surface area contributed by atoms with Gasteiger partial charge in [0.15, 0.2) is 0 Å². The van der Waals surface area contributed by atoms with Crippen molar-refractivity contribution in [1.29, 1.82) is 0 Å². The fourth-order valence-electron chi connectivity index (χ4n) is 10.5. The molecule has 0 radical (unpaired) electrons. The molecule has 240 valence electrons. The number of hydrogen-bond donors (Lipinski definition) is 0. The summed E-state index contributed by atoms with van der Waals surface area (Å²) in [6.07, 6.45) is 10.1. The molecule has 0 bridgehead atoms.